The molecule has 0 spiro atoms. The molecule has 0 saturated heterocycles. The van der Waals surface area contributed by atoms with Crippen LogP contribution in [0.25, 0.3) is 10.8 Å². The number of nitrogens with two attached hydrogens (primary N) is 2. The first-order valence-corrected chi connectivity index (χ1v) is 6.08. The molecule has 16 heavy (non-hydrogen) atoms. The van der Waals surface area contributed by atoms with Gasteiger partial charge >= 0.3 is 0 Å². The lowest BCUT2D eigenvalue weighted by atomic mass is 10.1. The van der Waals surface area contributed by atoms with E-state index in [1.807, 2.05) is 12.1 Å². The summed E-state index contributed by atoms with van der Waals surface area (Å²) in [6.45, 7) is 0. The molecule has 0 aliphatic rings. The highest BCUT2D eigenvalue weighted by Gasteiger charge is 2.02. The molecule has 0 unspecified atom stereocenters. The van der Waals surface area contributed by atoms with Crippen LogP contribution in [0.3, 0.4) is 0 Å². The summed E-state index contributed by atoms with van der Waals surface area (Å²) in [4.78, 5) is 0. The van der Waals surface area contributed by atoms with Crippen molar-refractivity contribution in [1.29, 1.82) is 0 Å². The Morgan fingerprint density at radius 1 is 1.00 bits per heavy atom. The summed E-state index contributed by atoms with van der Waals surface area (Å²) in [5.74, 6) is 0. The number of nitrogen functional groups attached to an aromatic ring is 1. The number of fused-ring (bicyclic) bond motifs is 1. The first kappa shape index (κ1) is 10.7. The van der Waals surface area contributed by atoms with E-state index in [2.05, 4.69) is 4.72 Å². The molecule has 0 aromatic heterocycles. The number of anilines is 2. The van der Waals surface area contributed by atoms with Gasteiger partial charge in [-0.15, -0.1) is 0 Å². The third kappa shape index (κ3) is 2.41. The SMILES string of the molecule is Nc1ccc2cc(NS(N)(=O)=O)ccc2c1. The van der Waals surface area contributed by atoms with E-state index < -0.39 is 10.2 Å². The van der Waals surface area contributed by atoms with Gasteiger partial charge in [-0.05, 0) is 35.0 Å². The van der Waals surface area contributed by atoms with Crippen LogP contribution in [0.2, 0.25) is 0 Å². The Labute approximate surface area is 93.2 Å². The zero-order valence-electron chi connectivity index (χ0n) is 8.34. The highest BCUT2D eigenvalue weighted by atomic mass is 32.2. The van der Waals surface area contributed by atoms with E-state index in [1.54, 1.807) is 24.3 Å². The van der Waals surface area contributed by atoms with Crippen LogP contribution in [0.4, 0.5) is 11.4 Å². The van der Waals surface area contributed by atoms with Gasteiger partial charge in [0.05, 0.1) is 5.69 Å². The van der Waals surface area contributed by atoms with Crippen LogP contribution >= 0.6 is 0 Å². The average molecular weight is 237 g/mol. The Morgan fingerprint density at radius 2 is 1.62 bits per heavy atom. The molecule has 84 valence electrons. The Kier molecular flexibility index (Phi) is 2.45. The minimum atomic E-state index is -3.73. The van der Waals surface area contributed by atoms with Gasteiger partial charge in [-0.3, -0.25) is 4.72 Å². The Balaban J connectivity index is 2.49. The fourth-order valence-corrected chi connectivity index (χ4v) is 1.95. The van der Waals surface area contributed by atoms with Gasteiger partial charge in [0.1, 0.15) is 0 Å². The molecular weight excluding hydrogens is 226 g/mol. The van der Waals surface area contributed by atoms with Gasteiger partial charge in [0, 0.05) is 5.69 Å². The largest absolute Gasteiger partial charge is 0.399 e. The zero-order valence-corrected chi connectivity index (χ0v) is 9.16. The Bertz CT molecular complexity index is 638. The van der Waals surface area contributed by atoms with Crippen molar-refractivity contribution in [3.63, 3.8) is 0 Å². The summed E-state index contributed by atoms with van der Waals surface area (Å²) in [6, 6.07) is 10.5. The zero-order chi connectivity index (χ0) is 11.8. The summed E-state index contributed by atoms with van der Waals surface area (Å²) >= 11 is 0. The average Bonchev–Trinajstić information content (AvgIpc) is 2.16. The number of hydrogen-bond acceptors (Lipinski definition) is 3. The van der Waals surface area contributed by atoms with Crippen molar-refractivity contribution < 1.29 is 8.42 Å². The first-order chi connectivity index (χ1) is 7.44. The van der Waals surface area contributed by atoms with Crippen LogP contribution in [-0.4, -0.2) is 8.42 Å². The summed E-state index contributed by atoms with van der Waals surface area (Å²) in [7, 11) is -3.73. The normalized spacial score (nSPS) is 11.6. The Hall–Kier alpha value is -1.79. The van der Waals surface area contributed by atoms with Crippen LogP contribution in [-0.2, 0) is 10.2 Å². The molecule has 6 heteroatoms. The van der Waals surface area contributed by atoms with Gasteiger partial charge < -0.3 is 5.73 Å². The molecule has 0 aliphatic carbocycles. The second-order valence-corrected chi connectivity index (χ2v) is 4.76. The number of benzene rings is 2. The highest BCUT2D eigenvalue weighted by Crippen LogP contribution is 2.21. The van der Waals surface area contributed by atoms with E-state index in [0.29, 0.717) is 11.4 Å². The van der Waals surface area contributed by atoms with E-state index in [1.165, 1.54) is 0 Å². The fourth-order valence-electron chi connectivity index (χ4n) is 1.49. The minimum Gasteiger partial charge on any atom is -0.399 e. The quantitative estimate of drug-likeness (QED) is 0.680. The van der Waals surface area contributed by atoms with E-state index in [4.69, 9.17) is 10.9 Å². The molecule has 5 nitrogen and oxygen atoms in total. The number of rotatable bonds is 2. The maximum absolute atomic E-state index is 10.8. The first-order valence-electron chi connectivity index (χ1n) is 4.54. The third-order valence-corrected chi connectivity index (χ3v) is 2.64. The molecule has 0 saturated carbocycles. The van der Waals surface area contributed by atoms with E-state index in [9.17, 15) is 8.42 Å². The maximum Gasteiger partial charge on any atom is 0.296 e. The van der Waals surface area contributed by atoms with Gasteiger partial charge in [-0.25, -0.2) is 5.14 Å². The second-order valence-electron chi connectivity index (χ2n) is 3.47. The minimum absolute atomic E-state index is 0.430. The monoisotopic (exact) mass is 237 g/mol. The molecule has 0 atom stereocenters. The lowest BCUT2D eigenvalue weighted by molar-refractivity contribution is 0.603. The van der Waals surface area contributed by atoms with Crippen molar-refractivity contribution in [2.24, 2.45) is 5.14 Å². The molecule has 2 aromatic carbocycles. The van der Waals surface area contributed by atoms with Gasteiger partial charge in [-0.1, -0.05) is 12.1 Å². The lowest BCUT2D eigenvalue weighted by Crippen LogP contribution is -2.21. The van der Waals surface area contributed by atoms with Crippen LogP contribution in [0.5, 0.6) is 0 Å². The smallest absolute Gasteiger partial charge is 0.296 e. The highest BCUT2D eigenvalue weighted by molar-refractivity contribution is 7.90. The van der Waals surface area contributed by atoms with Crippen LogP contribution in [0.15, 0.2) is 36.4 Å². The molecule has 0 fully saturated rings. The molecule has 0 radical (unpaired) electrons. The Morgan fingerprint density at radius 3 is 2.31 bits per heavy atom. The second kappa shape index (κ2) is 3.66. The standard InChI is InChI=1S/C10H11N3O2S/c11-9-3-1-8-6-10(13-16(12,14)15)4-2-7(8)5-9/h1-6,13H,11H2,(H2,12,14,15). The van der Waals surface area contributed by atoms with Crippen LogP contribution in [0.1, 0.15) is 0 Å². The molecule has 0 aliphatic heterocycles. The molecule has 2 aromatic rings. The summed E-state index contributed by atoms with van der Waals surface area (Å²) in [5, 5.41) is 6.71. The predicted molar refractivity (Wildman–Crippen MR) is 65.1 cm³/mol. The van der Waals surface area contributed by atoms with Crippen LogP contribution in [0, 0.1) is 0 Å². The summed E-state index contributed by atoms with van der Waals surface area (Å²) < 4.78 is 23.9. The summed E-state index contributed by atoms with van der Waals surface area (Å²) in [6.07, 6.45) is 0. The van der Waals surface area contributed by atoms with Gasteiger partial charge in [-0.2, -0.15) is 8.42 Å². The molecule has 2 rings (SSSR count). The predicted octanol–water partition coefficient (Wildman–Crippen LogP) is 1.04. The van der Waals surface area contributed by atoms with E-state index in [0.717, 1.165) is 10.8 Å². The van der Waals surface area contributed by atoms with Crippen molar-refractivity contribution in [3.05, 3.63) is 36.4 Å². The number of hydrogen-bond donors (Lipinski definition) is 3. The molecule has 0 amide bonds. The van der Waals surface area contributed by atoms with Crippen molar-refractivity contribution in [2.45, 2.75) is 0 Å². The topological polar surface area (TPSA) is 98.2 Å². The van der Waals surface area contributed by atoms with Crippen LogP contribution < -0.4 is 15.6 Å². The van der Waals surface area contributed by atoms with E-state index in [-0.39, 0.29) is 0 Å². The van der Waals surface area contributed by atoms with Gasteiger partial charge in [0.2, 0.25) is 0 Å². The van der Waals surface area contributed by atoms with E-state index >= 15 is 0 Å². The van der Waals surface area contributed by atoms with Gasteiger partial charge in [0.15, 0.2) is 0 Å². The van der Waals surface area contributed by atoms with Crippen molar-refractivity contribution in [2.75, 3.05) is 10.5 Å². The van der Waals surface area contributed by atoms with Crippen molar-refractivity contribution in [3.8, 4) is 0 Å². The van der Waals surface area contributed by atoms with Crippen molar-refractivity contribution in [1.82, 2.24) is 0 Å². The maximum atomic E-state index is 10.8. The number of nitrogens with one attached hydrogen (secondary N) is 1. The molecule has 5 N–H and O–H groups in total. The third-order valence-electron chi connectivity index (χ3n) is 2.12. The fraction of sp³-hybridized carbons (Fsp3) is 0. The lowest BCUT2D eigenvalue weighted by Gasteiger charge is -2.05. The van der Waals surface area contributed by atoms with Crippen molar-refractivity contribution >= 4 is 32.4 Å². The molecule has 0 bridgehead atoms. The molecule has 0 heterocycles. The summed E-state index contributed by atoms with van der Waals surface area (Å²) in [5.41, 5.74) is 6.73. The van der Waals surface area contributed by atoms with Gasteiger partial charge in [0.25, 0.3) is 10.2 Å². The molecular formula is C10H11N3O2S.